The third kappa shape index (κ3) is 1.93. The summed E-state index contributed by atoms with van der Waals surface area (Å²) >= 11 is 3.30. The Bertz CT molecular complexity index is 386. The number of carbonyl (C=O) groups excluding carboxylic acids is 1. The Morgan fingerprint density at radius 3 is 2.64 bits per heavy atom. The molecule has 0 aromatic heterocycles. The first-order valence-electron chi connectivity index (χ1n) is 3.92. The fraction of sp³-hybridized carbons (Fsp3) is 0.111. The van der Waals surface area contributed by atoms with Crippen LogP contribution in [-0.2, 0) is 14.4 Å². The number of ether oxygens (including phenoxy) is 1. The van der Waals surface area contributed by atoms with E-state index in [1.165, 1.54) is 0 Å². The molecule has 0 aliphatic carbocycles. The Morgan fingerprint density at radius 1 is 1.29 bits per heavy atom. The number of cyclic esters (lactones) is 1. The zero-order valence-corrected chi connectivity index (χ0v) is 8.65. The Kier molecular flexibility index (Phi) is 2.49. The van der Waals surface area contributed by atoms with Crippen molar-refractivity contribution in [1.29, 1.82) is 0 Å². The lowest BCUT2D eigenvalue weighted by Gasteiger charge is -2.11. The van der Waals surface area contributed by atoms with Crippen LogP contribution in [0.5, 0.6) is 0 Å². The summed E-state index contributed by atoms with van der Waals surface area (Å²) in [4.78, 5) is 15.6. The van der Waals surface area contributed by atoms with Crippen LogP contribution in [0.25, 0.3) is 0 Å². The van der Waals surface area contributed by atoms with E-state index in [2.05, 4.69) is 25.9 Å². The van der Waals surface area contributed by atoms with Crippen molar-refractivity contribution in [3.8, 4) is 0 Å². The molecule has 0 unspecified atom stereocenters. The maximum absolute atomic E-state index is 10.9. The van der Waals surface area contributed by atoms with Gasteiger partial charge >= 0.3 is 5.97 Å². The van der Waals surface area contributed by atoms with Gasteiger partial charge in [0.25, 0.3) is 5.90 Å². The summed E-state index contributed by atoms with van der Waals surface area (Å²) < 4.78 is 5.83. The number of hydrogen-bond donors (Lipinski definition) is 0. The van der Waals surface area contributed by atoms with Crippen LogP contribution >= 0.6 is 15.9 Å². The summed E-state index contributed by atoms with van der Waals surface area (Å²) in [6, 6.07) is 7.23. The van der Waals surface area contributed by atoms with Crippen molar-refractivity contribution in [3.05, 3.63) is 34.3 Å². The van der Waals surface area contributed by atoms with Crippen molar-refractivity contribution in [1.82, 2.24) is 0 Å². The monoisotopic (exact) mass is 255 g/mol. The standard InChI is InChI=1S/C9H6BrNO3/c10-7-3-1-6(2-4-7)9-11-13-5-8(12)14-9/h1-4H,5H2. The molecule has 0 fully saturated rings. The second kappa shape index (κ2) is 3.79. The van der Waals surface area contributed by atoms with Gasteiger partial charge in [0.1, 0.15) is 0 Å². The van der Waals surface area contributed by atoms with Crippen LogP contribution in [0.2, 0.25) is 0 Å². The van der Waals surface area contributed by atoms with Gasteiger partial charge in [-0.2, -0.15) is 0 Å². The molecule has 0 atom stereocenters. The molecule has 14 heavy (non-hydrogen) atoms. The maximum Gasteiger partial charge on any atom is 0.353 e. The fourth-order valence-electron chi connectivity index (χ4n) is 1.00. The Labute approximate surface area is 88.6 Å². The minimum Gasteiger partial charge on any atom is -0.401 e. The highest BCUT2D eigenvalue weighted by Gasteiger charge is 2.17. The quantitative estimate of drug-likeness (QED) is 0.718. The number of rotatable bonds is 1. The average molecular weight is 256 g/mol. The third-order valence-corrected chi connectivity index (χ3v) is 2.16. The molecule has 4 nitrogen and oxygen atoms in total. The Hall–Kier alpha value is -1.36. The molecule has 0 amide bonds. The van der Waals surface area contributed by atoms with Crippen LogP contribution < -0.4 is 0 Å². The highest BCUT2D eigenvalue weighted by Crippen LogP contribution is 2.13. The largest absolute Gasteiger partial charge is 0.401 e. The van der Waals surface area contributed by atoms with Gasteiger partial charge in [0.2, 0.25) is 6.61 Å². The van der Waals surface area contributed by atoms with Gasteiger partial charge in [-0.25, -0.2) is 4.79 Å². The first kappa shape index (κ1) is 9.21. The van der Waals surface area contributed by atoms with E-state index in [-0.39, 0.29) is 12.5 Å². The van der Waals surface area contributed by atoms with Gasteiger partial charge in [0.05, 0.1) is 0 Å². The van der Waals surface area contributed by atoms with Crippen molar-refractivity contribution in [2.24, 2.45) is 5.16 Å². The summed E-state index contributed by atoms with van der Waals surface area (Å²) in [5.41, 5.74) is 0.709. The highest BCUT2D eigenvalue weighted by atomic mass is 79.9. The molecule has 1 aliphatic heterocycles. The predicted octanol–water partition coefficient (Wildman–Crippen LogP) is 1.68. The predicted molar refractivity (Wildman–Crippen MR) is 52.7 cm³/mol. The molecule has 1 heterocycles. The number of hydrogen-bond acceptors (Lipinski definition) is 4. The summed E-state index contributed by atoms with van der Waals surface area (Å²) in [5.74, 6) is -0.230. The first-order valence-corrected chi connectivity index (χ1v) is 4.71. The van der Waals surface area contributed by atoms with E-state index in [0.717, 1.165) is 4.47 Å². The van der Waals surface area contributed by atoms with Gasteiger partial charge < -0.3 is 9.57 Å². The number of benzene rings is 1. The van der Waals surface area contributed by atoms with Gasteiger partial charge in [-0.05, 0) is 29.4 Å². The van der Waals surface area contributed by atoms with E-state index < -0.39 is 5.97 Å². The van der Waals surface area contributed by atoms with Crippen LogP contribution in [-0.4, -0.2) is 18.5 Å². The maximum atomic E-state index is 10.9. The lowest BCUT2D eigenvalue weighted by Crippen LogP contribution is -2.22. The molecule has 0 saturated carbocycles. The molecule has 0 N–H and O–H groups in total. The summed E-state index contributed by atoms with van der Waals surface area (Å²) in [5, 5.41) is 3.64. The molecule has 0 bridgehead atoms. The molecular weight excluding hydrogens is 250 g/mol. The second-order valence-corrected chi connectivity index (χ2v) is 3.57. The van der Waals surface area contributed by atoms with E-state index in [0.29, 0.717) is 5.56 Å². The van der Waals surface area contributed by atoms with Crippen LogP contribution in [0.3, 0.4) is 0 Å². The van der Waals surface area contributed by atoms with Crippen molar-refractivity contribution < 1.29 is 14.4 Å². The molecule has 1 aromatic rings. The number of nitrogens with zero attached hydrogens (tertiary/aromatic N) is 1. The second-order valence-electron chi connectivity index (χ2n) is 2.65. The van der Waals surface area contributed by atoms with Crippen LogP contribution in [0.1, 0.15) is 5.56 Å². The van der Waals surface area contributed by atoms with E-state index in [4.69, 9.17) is 4.74 Å². The van der Waals surface area contributed by atoms with E-state index in [1.807, 2.05) is 12.1 Å². The molecule has 1 aromatic carbocycles. The zero-order chi connectivity index (χ0) is 9.97. The Morgan fingerprint density at radius 2 is 2.00 bits per heavy atom. The SMILES string of the molecule is O=C1CON=C(c2ccc(Br)cc2)O1. The minimum absolute atomic E-state index is 0.125. The van der Waals surface area contributed by atoms with Gasteiger partial charge in [-0.15, -0.1) is 0 Å². The van der Waals surface area contributed by atoms with Crippen molar-refractivity contribution in [3.63, 3.8) is 0 Å². The molecule has 0 spiro atoms. The minimum atomic E-state index is -0.432. The normalized spacial score (nSPS) is 15.5. The lowest BCUT2D eigenvalue weighted by molar-refractivity contribution is -0.143. The zero-order valence-electron chi connectivity index (χ0n) is 7.07. The van der Waals surface area contributed by atoms with Gasteiger partial charge in [0.15, 0.2) is 0 Å². The van der Waals surface area contributed by atoms with Crippen molar-refractivity contribution in [2.75, 3.05) is 6.61 Å². The molecule has 0 radical (unpaired) electrons. The molecule has 0 saturated heterocycles. The van der Waals surface area contributed by atoms with Crippen LogP contribution in [0.4, 0.5) is 0 Å². The van der Waals surface area contributed by atoms with Crippen molar-refractivity contribution in [2.45, 2.75) is 0 Å². The molecular formula is C9H6BrNO3. The third-order valence-electron chi connectivity index (χ3n) is 1.63. The molecule has 1 aliphatic rings. The summed E-state index contributed by atoms with van der Waals surface area (Å²) in [6.07, 6.45) is 0. The fourth-order valence-corrected chi connectivity index (χ4v) is 1.27. The van der Waals surface area contributed by atoms with Gasteiger partial charge in [0, 0.05) is 10.0 Å². The molecule has 72 valence electrons. The van der Waals surface area contributed by atoms with E-state index >= 15 is 0 Å². The van der Waals surface area contributed by atoms with E-state index in [1.54, 1.807) is 12.1 Å². The highest BCUT2D eigenvalue weighted by molar-refractivity contribution is 9.10. The number of esters is 1. The summed E-state index contributed by atoms with van der Waals surface area (Å²) in [7, 11) is 0. The Balaban J connectivity index is 2.26. The van der Waals surface area contributed by atoms with Crippen LogP contribution in [0.15, 0.2) is 33.9 Å². The lowest BCUT2D eigenvalue weighted by atomic mass is 10.2. The van der Waals surface area contributed by atoms with Crippen LogP contribution in [0, 0.1) is 0 Å². The first-order chi connectivity index (χ1) is 6.75. The topological polar surface area (TPSA) is 47.9 Å². The van der Waals surface area contributed by atoms with Crippen molar-refractivity contribution >= 4 is 27.8 Å². The molecule has 2 rings (SSSR count). The number of carbonyl (C=O) groups is 1. The van der Waals surface area contributed by atoms with Gasteiger partial charge in [-0.3, -0.25) is 0 Å². The summed E-state index contributed by atoms with van der Waals surface area (Å²) in [6.45, 7) is -0.125. The molecule has 5 heteroatoms. The number of halogens is 1. The van der Waals surface area contributed by atoms with Gasteiger partial charge in [-0.1, -0.05) is 15.9 Å². The average Bonchev–Trinajstić information content (AvgIpc) is 2.19. The smallest absolute Gasteiger partial charge is 0.353 e. The number of oxime groups is 1. The van der Waals surface area contributed by atoms with E-state index in [9.17, 15) is 4.79 Å².